The van der Waals surface area contributed by atoms with E-state index >= 15 is 0 Å². The van der Waals surface area contributed by atoms with Crippen LogP contribution < -0.4 is 10.6 Å². The lowest BCUT2D eigenvalue weighted by molar-refractivity contribution is 0.0558. The molecule has 2 N–H and O–H groups in total. The van der Waals surface area contributed by atoms with E-state index in [2.05, 4.69) is 34.6 Å². The van der Waals surface area contributed by atoms with Gasteiger partial charge in [-0.1, -0.05) is 0 Å². The molecule has 1 aromatic heterocycles. The fraction of sp³-hybridized carbons (Fsp3) is 0.600. The Bertz CT molecular complexity index is 469. The van der Waals surface area contributed by atoms with E-state index in [-0.39, 0.29) is 11.4 Å². The highest BCUT2D eigenvalue weighted by Gasteiger charge is 2.39. The van der Waals surface area contributed by atoms with Crippen molar-refractivity contribution in [3.63, 3.8) is 0 Å². The number of likely N-dealkylation sites (N-methyl/N-ethyl adjacent to an activating group) is 1. The van der Waals surface area contributed by atoms with Crippen LogP contribution in [0.3, 0.4) is 0 Å². The molecule has 1 fully saturated rings. The van der Waals surface area contributed by atoms with Gasteiger partial charge < -0.3 is 15.5 Å². The van der Waals surface area contributed by atoms with Gasteiger partial charge in [0.15, 0.2) is 0 Å². The molecular weight excluding hydrogens is 252 g/mol. The van der Waals surface area contributed by atoms with E-state index in [1.54, 1.807) is 18.5 Å². The summed E-state index contributed by atoms with van der Waals surface area (Å²) in [5, 5.41) is 6.24. The first-order valence-corrected chi connectivity index (χ1v) is 7.22. The van der Waals surface area contributed by atoms with E-state index in [1.165, 1.54) is 6.42 Å². The van der Waals surface area contributed by atoms with Gasteiger partial charge in [-0.05, 0) is 46.3 Å². The monoisotopic (exact) mass is 276 g/mol. The van der Waals surface area contributed by atoms with Crippen LogP contribution in [0, 0.1) is 0 Å². The second-order valence-electron chi connectivity index (χ2n) is 5.61. The lowest BCUT2D eigenvalue weighted by Gasteiger charge is -2.47. The van der Waals surface area contributed by atoms with Crippen molar-refractivity contribution < 1.29 is 4.79 Å². The van der Waals surface area contributed by atoms with Gasteiger partial charge in [0.1, 0.15) is 0 Å². The van der Waals surface area contributed by atoms with Gasteiger partial charge in [-0.15, -0.1) is 0 Å². The zero-order valence-electron chi connectivity index (χ0n) is 12.6. The summed E-state index contributed by atoms with van der Waals surface area (Å²) in [6, 6.07) is 1.76. The first-order valence-electron chi connectivity index (χ1n) is 7.22. The maximum absolute atomic E-state index is 12.4. The van der Waals surface area contributed by atoms with Gasteiger partial charge in [0.05, 0.1) is 17.4 Å². The minimum atomic E-state index is -0.0310. The number of hydrogen-bond acceptors (Lipinski definition) is 4. The van der Waals surface area contributed by atoms with Gasteiger partial charge in [-0.25, -0.2) is 0 Å². The smallest absolute Gasteiger partial charge is 0.253 e. The Kier molecular flexibility index (Phi) is 4.60. The highest BCUT2D eigenvalue weighted by Crippen LogP contribution is 2.35. The first kappa shape index (κ1) is 14.8. The maximum atomic E-state index is 12.4. The van der Waals surface area contributed by atoms with Crippen molar-refractivity contribution in [1.82, 2.24) is 15.2 Å². The number of hydrogen-bond donors (Lipinski definition) is 2. The second kappa shape index (κ2) is 6.22. The summed E-state index contributed by atoms with van der Waals surface area (Å²) in [6.07, 6.45) is 6.89. The molecule has 0 aromatic carbocycles. The molecule has 0 atom stereocenters. The molecule has 0 saturated heterocycles. The zero-order chi connectivity index (χ0) is 14.6. The molecule has 0 spiro atoms. The zero-order valence-corrected chi connectivity index (χ0v) is 12.6. The Balaban J connectivity index is 2.02. The lowest BCUT2D eigenvalue weighted by Crippen LogP contribution is -2.57. The van der Waals surface area contributed by atoms with Crippen molar-refractivity contribution in [2.24, 2.45) is 0 Å². The Hall–Kier alpha value is -1.62. The number of anilines is 1. The van der Waals surface area contributed by atoms with Crippen molar-refractivity contribution in [3.8, 4) is 0 Å². The summed E-state index contributed by atoms with van der Waals surface area (Å²) < 4.78 is 0. The van der Waals surface area contributed by atoms with E-state index in [9.17, 15) is 4.79 Å². The van der Waals surface area contributed by atoms with Crippen LogP contribution in [0.1, 0.15) is 36.5 Å². The molecule has 0 aliphatic heterocycles. The van der Waals surface area contributed by atoms with Gasteiger partial charge in [-0.2, -0.15) is 0 Å². The normalized spacial score (nSPS) is 16.6. The minimum absolute atomic E-state index is 0.0310. The predicted molar refractivity (Wildman–Crippen MR) is 81.0 cm³/mol. The molecule has 0 bridgehead atoms. The summed E-state index contributed by atoms with van der Waals surface area (Å²) in [6.45, 7) is 3.48. The second-order valence-corrected chi connectivity index (χ2v) is 5.61. The highest BCUT2D eigenvalue weighted by atomic mass is 16.1. The SMILES string of the molecule is CCNc1cnccc1C(=O)NCC1(N(C)C)CCC1. The molecule has 1 aromatic rings. The van der Waals surface area contributed by atoms with Crippen LogP contribution in [0.25, 0.3) is 0 Å². The maximum Gasteiger partial charge on any atom is 0.253 e. The number of pyridine rings is 1. The largest absolute Gasteiger partial charge is 0.383 e. The Morgan fingerprint density at radius 3 is 2.75 bits per heavy atom. The van der Waals surface area contributed by atoms with Crippen LogP contribution >= 0.6 is 0 Å². The van der Waals surface area contributed by atoms with Gasteiger partial charge >= 0.3 is 0 Å². The van der Waals surface area contributed by atoms with Crippen molar-refractivity contribution in [1.29, 1.82) is 0 Å². The molecule has 1 heterocycles. The van der Waals surface area contributed by atoms with Crippen LogP contribution in [0.2, 0.25) is 0 Å². The van der Waals surface area contributed by atoms with E-state index in [1.807, 2.05) is 6.92 Å². The quantitative estimate of drug-likeness (QED) is 0.831. The van der Waals surface area contributed by atoms with Crippen LogP contribution in [-0.4, -0.2) is 48.5 Å². The molecule has 0 radical (unpaired) electrons. The Morgan fingerprint density at radius 1 is 1.45 bits per heavy atom. The molecule has 5 nitrogen and oxygen atoms in total. The lowest BCUT2D eigenvalue weighted by atomic mass is 9.75. The minimum Gasteiger partial charge on any atom is -0.383 e. The molecule has 110 valence electrons. The fourth-order valence-electron chi connectivity index (χ4n) is 2.63. The number of carbonyl (C=O) groups excluding carboxylic acids is 1. The third-order valence-corrected chi connectivity index (χ3v) is 4.24. The molecule has 1 aliphatic carbocycles. The number of nitrogens with zero attached hydrogens (tertiary/aromatic N) is 2. The third kappa shape index (κ3) is 2.93. The fourth-order valence-corrected chi connectivity index (χ4v) is 2.63. The van der Waals surface area contributed by atoms with Crippen molar-refractivity contribution >= 4 is 11.6 Å². The van der Waals surface area contributed by atoms with Crippen LogP contribution in [-0.2, 0) is 0 Å². The van der Waals surface area contributed by atoms with Crippen LogP contribution in [0.15, 0.2) is 18.5 Å². The van der Waals surface area contributed by atoms with E-state index < -0.39 is 0 Å². The summed E-state index contributed by atoms with van der Waals surface area (Å²) in [7, 11) is 4.17. The molecule has 5 heteroatoms. The van der Waals surface area contributed by atoms with Crippen LogP contribution in [0.4, 0.5) is 5.69 Å². The topological polar surface area (TPSA) is 57.3 Å². The molecular formula is C15H24N4O. The van der Waals surface area contributed by atoms with Gasteiger partial charge in [0.2, 0.25) is 0 Å². The van der Waals surface area contributed by atoms with Gasteiger partial charge in [0, 0.05) is 24.8 Å². The van der Waals surface area contributed by atoms with E-state index in [0.717, 1.165) is 25.1 Å². The molecule has 1 amide bonds. The number of nitrogens with one attached hydrogen (secondary N) is 2. The highest BCUT2D eigenvalue weighted by molar-refractivity contribution is 5.99. The number of carbonyl (C=O) groups is 1. The summed E-state index contributed by atoms with van der Waals surface area (Å²) >= 11 is 0. The third-order valence-electron chi connectivity index (χ3n) is 4.24. The summed E-state index contributed by atoms with van der Waals surface area (Å²) in [5.41, 5.74) is 1.59. The first-order chi connectivity index (χ1) is 9.59. The summed E-state index contributed by atoms with van der Waals surface area (Å²) in [4.78, 5) is 18.6. The van der Waals surface area contributed by atoms with Crippen LogP contribution in [0.5, 0.6) is 0 Å². The van der Waals surface area contributed by atoms with Gasteiger partial charge in [0.25, 0.3) is 5.91 Å². The number of rotatable bonds is 6. The van der Waals surface area contributed by atoms with E-state index in [4.69, 9.17) is 0 Å². The van der Waals surface area contributed by atoms with Gasteiger partial charge in [-0.3, -0.25) is 9.78 Å². The molecule has 1 saturated carbocycles. The van der Waals surface area contributed by atoms with E-state index in [0.29, 0.717) is 12.1 Å². The number of amides is 1. The predicted octanol–water partition coefficient (Wildman–Crippen LogP) is 1.73. The molecule has 2 rings (SSSR count). The average Bonchev–Trinajstić information content (AvgIpc) is 2.38. The van der Waals surface area contributed by atoms with Crippen molar-refractivity contribution in [2.45, 2.75) is 31.7 Å². The average molecular weight is 276 g/mol. The standard InChI is InChI=1S/C15H24N4O/c1-4-17-13-10-16-9-6-12(13)14(20)18-11-15(19(2)3)7-5-8-15/h6,9-10,17H,4-5,7-8,11H2,1-3H3,(H,18,20). The Labute approximate surface area is 120 Å². The van der Waals surface area contributed by atoms with Crippen molar-refractivity contribution in [3.05, 3.63) is 24.0 Å². The number of aromatic nitrogens is 1. The molecule has 20 heavy (non-hydrogen) atoms. The molecule has 1 aliphatic rings. The Morgan fingerprint density at radius 2 is 2.20 bits per heavy atom. The molecule has 0 unspecified atom stereocenters. The summed E-state index contributed by atoms with van der Waals surface area (Å²) in [5.74, 6) is -0.0310. The van der Waals surface area contributed by atoms with Crippen molar-refractivity contribution in [2.75, 3.05) is 32.5 Å².